The Bertz CT molecular complexity index is 450. The van der Waals surface area contributed by atoms with Crippen molar-refractivity contribution in [1.29, 1.82) is 0 Å². The second-order valence-corrected chi connectivity index (χ2v) is 5.55. The van der Waals surface area contributed by atoms with Gasteiger partial charge in [-0.15, -0.1) is 0 Å². The van der Waals surface area contributed by atoms with E-state index in [4.69, 9.17) is 4.55 Å². The Morgan fingerprint density at radius 1 is 1.28 bits per heavy atom. The Hall–Kier alpha value is -1.33. The molecule has 102 valence electrons. The van der Waals surface area contributed by atoms with Gasteiger partial charge in [0.1, 0.15) is 0 Å². The van der Waals surface area contributed by atoms with E-state index in [2.05, 4.69) is 35.7 Å². The van der Waals surface area contributed by atoms with Gasteiger partial charge in [-0.1, -0.05) is 31.7 Å². The van der Waals surface area contributed by atoms with E-state index < -0.39 is 10.1 Å². The average Bonchev–Trinajstić information content (AvgIpc) is 2.28. The fourth-order valence-electron chi connectivity index (χ4n) is 1.17. The Kier molecular flexibility index (Phi) is 7.31. The van der Waals surface area contributed by atoms with E-state index in [-0.39, 0.29) is 5.75 Å². The SMILES string of the molecule is C=Cc1ccc(N(C)C)cc1.CCCS(=O)(=O)O. The minimum atomic E-state index is -3.67. The molecule has 0 unspecified atom stereocenters. The summed E-state index contributed by atoms with van der Waals surface area (Å²) in [5.74, 6) is -0.132. The van der Waals surface area contributed by atoms with Crippen molar-refractivity contribution < 1.29 is 13.0 Å². The molecule has 5 heteroatoms. The van der Waals surface area contributed by atoms with Gasteiger partial charge in [-0.25, -0.2) is 0 Å². The molecule has 0 saturated carbocycles. The molecular weight excluding hydrogens is 250 g/mol. The van der Waals surface area contributed by atoms with Gasteiger partial charge in [-0.2, -0.15) is 8.42 Å². The van der Waals surface area contributed by atoms with Crippen LogP contribution in [0.1, 0.15) is 18.9 Å². The van der Waals surface area contributed by atoms with Crippen molar-refractivity contribution in [3.8, 4) is 0 Å². The van der Waals surface area contributed by atoms with Gasteiger partial charge >= 0.3 is 0 Å². The van der Waals surface area contributed by atoms with Crippen LogP contribution >= 0.6 is 0 Å². The summed E-state index contributed by atoms with van der Waals surface area (Å²) in [6, 6.07) is 8.28. The highest BCUT2D eigenvalue weighted by Crippen LogP contribution is 2.12. The molecule has 0 aliphatic carbocycles. The lowest BCUT2D eigenvalue weighted by Gasteiger charge is -2.11. The third-order valence-corrected chi connectivity index (χ3v) is 3.03. The van der Waals surface area contributed by atoms with Gasteiger partial charge in [0.25, 0.3) is 10.1 Å². The minimum absolute atomic E-state index is 0.132. The van der Waals surface area contributed by atoms with Crippen LogP contribution in [-0.2, 0) is 10.1 Å². The normalized spacial score (nSPS) is 10.2. The van der Waals surface area contributed by atoms with Crippen LogP contribution in [0.25, 0.3) is 6.08 Å². The molecule has 1 rings (SSSR count). The first-order chi connectivity index (χ1) is 8.30. The third kappa shape index (κ3) is 7.86. The van der Waals surface area contributed by atoms with Crippen molar-refractivity contribution in [2.45, 2.75) is 13.3 Å². The fraction of sp³-hybridized carbons (Fsp3) is 0.385. The molecule has 0 fully saturated rings. The second kappa shape index (κ2) is 7.89. The smallest absolute Gasteiger partial charge is 0.264 e. The molecule has 1 N–H and O–H groups in total. The van der Waals surface area contributed by atoms with E-state index in [0.29, 0.717) is 6.42 Å². The third-order valence-electron chi connectivity index (χ3n) is 2.11. The molecule has 0 aliphatic heterocycles. The minimum Gasteiger partial charge on any atom is -0.378 e. The standard InChI is InChI=1S/C10H13N.C3H8O3S/c1-4-9-5-7-10(8-6-9)11(2)3;1-2-3-7(4,5)6/h4-8H,1H2,2-3H3;2-3H2,1H3,(H,4,5,6). The molecule has 18 heavy (non-hydrogen) atoms. The van der Waals surface area contributed by atoms with Gasteiger partial charge in [0.15, 0.2) is 0 Å². The van der Waals surface area contributed by atoms with Crippen LogP contribution in [0.4, 0.5) is 5.69 Å². The molecule has 0 atom stereocenters. The molecule has 0 bridgehead atoms. The molecule has 0 spiro atoms. The molecule has 1 aromatic rings. The van der Waals surface area contributed by atoms with Crippen molar-refractivity contribution in [2.24, 2.45) is 0 Å². The maximum absolute atomic E-state index is 9.79. The van der Waals surface area contributed by atoms with E-state index in [1.807, 2.05) is 20.2 Å². The Morgan fingerprint density at radius 3 is 2.00 bits per heavy atom. The van der Waals surface area contributed by atoms with Gasteiger partial charge in [0, 0.05) is 19.8 Å². The van der Waals surface area contributed by atoms with Crippen molar-refractivity contribution in [1.82, 2.24) is 0 Å². The zero-order chi connectivity index (χ0) is 14.2. The summed E-state index contributed by atoms with van der Waals surface area (Å²) in [6.07, 6.45) is 2.32. The highest BCUT2D eigenvalue weighted by atomic mass is 32.2. The number of anilines is 1. The summed E-state index contributed by atoms with van der Waals surface area (Å²) in [5.41, 5.74) is 2.38. The molecule has 1 aromatic carbocycles. The van der Waals surface area contributed by atoms with Gasteiger partial charge in [-0.05, 0) is 24.1 Å². The number of benzene rings is 1. The number of nitrogens with zero attached hydrogens (tertiary/aromatic N) is 1. The fourth-order valence-corrected chi connectivity index (χ4v) is 1.68. The van der Waals surface area contributed by atoms with Crippen molar-refractivity contribution in [2.75, 3.05) is 24.7 Å². The number of hydrogen-bond acceptors (Lipinski definition) is 3. The maximum atomic E-state index is 9.79. The van der Waals surface area contributed by atoms with Crippen molar-refractivity contribution in [3.63, 3.8) is 0 Å². The van der Waals surface area contributed by atoms with Gasteiger partial charge in [0.2, 0.25) is 0 Å². The lowest BCUT2D eigenvalue weighted by molar-refractivity contribution is 0.482. The first-order valence-electron chi connectivity index (χ1n) is 5.65. The van der Waals surface area contributed by atoms with E-state index in [9.17, 15) is 8.42 Å². The summed E-state index contributed by atoms with van der Waals surface area (Å²) < 4.78 is 27.6. The van der Waals surface area contributed by atoms with Crippen LogP contribution in [0, 0.1) is 0 Å². The van der Waals surface area contributed by atoms with Crippen LogP contribution in [-0.4, -0.2) is 32.8 Å². The Labute approximate surface area is 110 Å². The second-order valence-electron chi connectivity index (χ2n) is 3.98. The summed E-state index contributed by atoms with van der Waals surface area (Å²) in [4.78, 5) is 2.08. The largest absolute Gasteiger partial charge is 0.378 e. The van der Waals surface area contributed by atoms with E-state index in [0.717, 1.165) is 5.56 Å². The highest BCUT2D eigenvalue weighted by molar-refractivity contribution is 7.85. The zero-order valence-corrected chi connectivity index (χ0v) is 11.9. The van der Waals surface area contributed by atoms with Gasteiger partial charge in [0.05, 0.1) is 5.75 Å². The van der Waals surface area contributed by atoms with E-state index >= 15 is 0 Å². The highest BCUT2D eigenvalue weighted by Gasteiger charge is 1.98. The zero-order valence-electron chi connectivity index (χ0n) is 11.1. The Morgan fingerprint density at radius 2 is 1.78 bits per heavy atom. The molecular formula is C13H21NO3S. The van der Waals surface area contributed by atoms with Gasteiger partial charge in [-0.3, -0.25) is 4.55 Å². The molecule has 0 saturated heterocycles. The summed E-state index contributed by atoms with van der Waals surface area (Å²) in [7, 11) is 0.387. The number of hydrogen-bond donors (Lipinski definition) is 1. The first-order valence-corrected chi connectivity index (χ1v) is 7.26. The van der Waals surface area contributed by atoms with Crippen LogP contribution < -0.4 is 4.90 Å². The summed E-state index contributed by atoms with van der Waals surface area (Å²) >= 11 is 0. The predicted molar refractivity (Wildman–Crippen MR) is 77.6 cm³/mol. The van der Waals surface area contributed by atoms with Crippen LogP contribution in [0.15, 0.2) is 30.8 Å². The Balaban J connectivity index is 0.000000360. The summed E-state index contributed by atoms with van der Waals surface area (Å²) in [6.45, 7) is 5.38. The van der Waals surface area contributed by atoms with Crippen LogP contribution in [0.2, 0.25) is 0 Å². The van der Waals surface area contributed by atoms with E-state index in [1.165, 1.54) is 5.69 Å². The molecule has 0 radical (unpaired) electrons. The lowest BCUT2D eigenvalue weighted by Crippen LogP contribution is -2.07. The molecule has 0 aliphatic rings. The first kappa shape index (κ1) is 16.7. The van der Waals surface area contributed by atoms with E-state index in [1.54, 1.807) is 6.92 Å². The van der Waals surface area contributed by atoms with Crippen molar-refractivity contribution >= 4 is 21.9 Å². The van der Waals surface area contributed by atoms with Crippen LogP contribution in [0.3, 0.4) is 0 Å². The monoisotopic (exact) mass is 271 g/mol. The quantitative estimate of drug-likeness (QED) is 0.855. The van der Waals surface area contributed by atoms with Gasteiger partial charge < -0.3 is 4.90 Å². The summed E-state index contributed by atoms with van der Waals surface area (Å²) in [5, 5.41) is 0. The van der Waals surface area contributed by atoms with Crippen molar-refractivity contribution in [3.05, 3.63) is 36.4 Å². The molecule has 0 aromatic heterocycles. The molecule has 0 heterocycles. The molecule has 0 amide bonds. The predicted octanol–water partition coefficient (Wildman–Crippen LogP) is 2.68. The average molecular weight is 271 g/mol. The topological polar surface area (TPSA) is 57.6 Å². The maximum Gasteiger partial charge on any atom is 0.264 e. The molecule has 4 nitrogen and oxygen atoms in total. The number of rotatable bonds is 4. The lowest BCUT2D eigenvalue weighted by atomic mass is 10.2. The van der Waals surface area contributed by atoms with Crippen LogP contribution in [0.5, 0.6) is 0 Å².